The number of carbonyl (C=O) groups excluding carboxylic acids is 2. The second kappa shape index (κ2) is 6.52. The van der Waals surface area contributed by atoms with Crippen molar-refractivity contribution in [3.05, 3.63) is 57.8 Å². The molecule has 3 rings (SSSR count). The maximum atomic E-state index is 11.8. The molecule has 1 aliphatic carbocycles. The molecular formula is C17H18N2O3S. The van der Waals surface area contributed by atoms with Gasteiger partial charge in [-0.25, -0.2) is 0 Å². The Bertz CT molecular complexity index is 687. The third kappa shape index (κ3) is 3.78. The topological polar surface area (TPSA) is 78.4 Å². The van der Waals surface area contributed by atoms with E-state index in [0.29, 0.717) is 19.4 Å². The lowest BCUT2D eigenvalue weighted by Gasteiger charge is -2.22. The summed E-state index contributed by atoms with van der Waals surface area (Å²) < 4.78 is 0. The summed E-state index contributed by atoms with van der Waals surface area (Å²) in [7, 11) is 0. The van der Waals surface area contributed by atoms with Crippen molar-refractivity contribution in [2.24, 2.45) is 0 Å². The molecule has 1 heterocycles. The van der Waals surface area contributed by atoms with Gasteiger partial charge < -0.3 is 15.7 Å². The molecule has 1 aliphatic rings. The Balaban J connectivity index is 1.48. The van der Waals surface area contributed by atoms with Crippen LogP contribution in [-0.2, 0) is 29.0 Å². The summed E-state index contributed by atoms with van der Waals surface area (Å²) in [6.07, 6.45) is 0.972. The number of amides is 2. The number of carbonyl (C=O) groups is 2. The highest BCUT2D eigenvalue weighted by Gasteiger charge is 2.35. The summed E-state index contributed by atoms with van der Waals surface area (Å²) in [6.45, 7) is 0.387. The van der Waals surface area contributed by atoms with Crippen molar-refractivity contribution in [1.82, 2.24) is 10.6 Å². The molecule has 0 aliphatic heterocycles. The van der Waals surface area contributed by atoms with E-state index in [2.05, 4.69) is 10.6 Å². The van der Waals surface area contributed by atoms with Gasteiger partial charge in [-0.3, -0.25) is 9.59 Å². The molecule has 6 heteroatoms. The van der Waals surface area contributed by atoms with Crippen molar-refractivity contribution in [2.75, 3.05) is 6.54 Å². The Hall–Kier alpha value is -2.18. The number of hydrogen-bond acceptors (Lipinski definition) is 4. The van der Waals surface area contributed by atoms with Crippen molar-refractivity contribution >= 4 is 23.2 Å². The van der Waals surface area contributed by atoms with Gasteiger partial charge in [0.1, 0.15) is 0 Å². The van der Waals surface area contributed by atoms with E-state index < -0.39 is 17.4 Å². The number of aliphatic hydroxyl groups is 1. The van der Waals surface area contributed by atoms with Gasteiger partial charge in [-0.05, 0) is 33.5 Å². The van der Waals surface area contributed by atoms with Crippen LogP contribution in [0.3, 0.4) is 0 Å². The Morgan fingerprint density at radius 2 is 1.74 bits per heavy atom. The van der Waals surface area contributed by atoms with Crippen LogP contribution in [0.4, 0.5) is 0 Å². The molecule has 0 bridgehead atoms. The predicted octanol–water partition coefficient (Wildman–Crippen LogP) is 1.01. The standard InChI is InChI=1S/C17H18N2O3S/c20-15(18-9-12-5-6-23-10-12)16(21)19-11-17(22)7-13-3-1-2-4-14(13)8-17/h1-6,10,22H,7-9,11H2,(H,18,20)(H,19,21). The zero-order valence-corrected chi connectivity index (χ0v) is 13.4. The van der Waals surface area contributed by atoms with Crippen LogP contribution in [0.2, 0.25) is 0 Å². The van der Waals surface area contributed by atoms with Crippen LogP contribution in [0.15, 0.2) is 41.1 Å². The fourth-order valence-electron chi connectivity index (χ4n) is 2.78. The van der Waals surface area contributed by atoms with Gasteiger partial charge in [0.05, 0.1) is 5.60 Å². The van der Waals surface area contributed by atoms with Crippen LogP contribution in [-0.4, -0.2) is 29.1 Å². The van der Waals surface area contributed by atoms with E-state index in [1.54, 1.807) is 0 Å². The highest BCUT2D eigenvalue weighted by molar-refractivity contribution is 7.07. The molecule has 0 saturated heterocycles. The highest BCUT2D eigenvalue weighted by Crippen LogP contribution is 2.29. The fourth-order valence-corrected chi connectivity index (χ4v) is 3.45. The van der Waals surface area contributed by atoms with Gasteiger partial charge in [-0.1, -0.05) is 24.3 Å². The number of hydrogen-bond donors (Lipinski definition) is 3. The zero-order valence-electron chi connectivity index (χ0n) is 12.5. The molecule has 0 atom stereocenters. The molecule has 1 aromatic heterocycles. The van der Waals surface area contributed by atoms with Gasteiger partial charge in [-0.15, -0.1) is 0 Å². The SMILES string of the molecule is O=C(NCc1ccsc1)C(=O)NCC1(O)Cc2ccccc2C1. The predicted molar refractivity (Wildman–Crippen MR) is 88.0 cm³/mol. The van der Waals surface area contributed by atoms with Gasteiger partial charge in [0.15, 0.2) is 0 Å². The van der Waals surface area contributed by atoms with Crippen molar-refractivity contribution in [2.45, 2.75) is 25.0 Å². The number of nitrogens with one attached hydrogen (secondary N) is 2. The maximum absolute atomic E-state index is 11.8. The minimum Gasteiger partial charge on any atom is -0.387 e. The first-order valence-corrected chi connectivity index (χ1v) is 8.36. The summed E-state index contributed by atoms with van der Waals surface area (Å²) in [4.78, 5) is 23.6. The minimum absolute atomic E-state index is 0.0619. The van der Waals surface area contributed by atoms with E-state index >= 15 is 0 Å². The molecule has 0 saturated carbocycles. The smallest absolute Gasteiger partial charge is 0.309 e. The average Bonchev–Trinajstić information content (AvgIpc) is 3.16. The first kappa shape index (κ1) is 15.7. The number of rotatable bonds is 4. The summed E-state index contributed by atoms with van der Waals surface area (Å²) in [5, 5.41) is 19.5. The van der Waals surface area contributed by atoms with Crippen LogP contribution >= 0.6 is 11.3 Å². The molecule has 2 aromatic rings. The molecule has 120 valence electrons. The lowest BCUT2D eigenvalue weighted by Crippen LogP contribution is -2.48. The second-order valence-corrected chi connectivity index (χ2v) is 6.62. The molecule has 0 radical (unpaired) electrons. The fraction of sp³-hybridized carbons (Fsp3) is 0.294. The van der Waals surface area contributed by atoms with Crippen molar-refractivity contribution in [1.29, 1.82) is 0 Å². The maximum Gasteiger partial charge on any atom is 0.309 e. The van der Waals surface area contributed by atoms with Crippen molar-refractivity contribution < 1.29 is 14.7 Å². The number of benzene rings is 1. The Kier molecular flexibility index (Phi) is 4.45. The quantitative estimate of drug-likeness (QED) is 0.732. The molecule has 1 aromatic carbocycles. The summed E-state index contributed by atoms with van der Waals surface area (Å²) >= 11 is 1.54. The van der Waals surface area contributed by atoms with E-state index in [-0.39, 0.29) is 6.54 Å². The van der Waals surface area contributed by atoms with Crippen LogP contribution < -0.4 is 10.6 Å². The third-order valence-electron chi connectivity index (χ3n) is 3.97. The Morgan fingerprint density at radius 3 is 2.35 bits per heavy atom. The van der Waals surface area contributed by atoms with Crippen LogP contribution in [0.1, 0.15) is 16.7 Å². The van der Waals surface area contributed by atoms with Crippen molar-refractivity contribution in [3.8, 4) is 0 Å². The first-order valence-electron chi connectivity index (χ1n) is 7.42. The van der Waals surface area contributed by atoms with Gasteiger partial charge in [0, 0.05) is 25.9 Å². The Labute approximate surface area is 138 Å². The number of fused-ring (bicyclic) bond motifs is 1. The largest absolute Gasteiger partial charge is 0.387 e. The molecule has 0 spiro atoms. The summed E-state index contributed by atoms with van der Waals surface area (Å²) in [6, 6.07) is 9.70. The van der Waals surface area contributed by atoms with Crippen LogP contribution in [0.5, 0.6) is 0 Å². The van der Waals surface area contributed by atoms with Gasteiger partial charge in [0.25, 0.3) is 0 Å². The van der Waals surface area contributed by atoms with E-state index in [9.17, 15) is 14.7 Å². The molecule has 0 unspecified atom stereocenters. The zero-order chi connectivity index (χ0) is 16.3. The molecule has 0 fully saturated rings. The highest BCUT2D eigenvalue weighted by atomic mass is 32.1. The lowest BCUT2D eigenvalue weighted by atomic mass is 10.0. The second-order valence-electron chi connectivity index (χ2n) is 5.84. The van der Waals surface area contributed by atoms with Crippen LogP contribution in [0, 0.1) is 0 Å². The lowest BCUT2D eigenvalue weighted by molar-refractivity contribution is -0.139. The normalized spacial score (nSPS) is 15.0. The third-order valence-corrected chi connectivity index (χ3v) is 4.71. The first-order chi connectivity index (χ1) is 11.1. The molecule has 23 heavy (non-hydrogen) atoms. The van der Waals surface area contributed by atoms with E-state index in [4.69, 9.17) is 0 Å². The van der Waals surface area contributed by atoms with E-state index in [0.717, 1.165) is 16.7 Å². The van der Waals surface area contributed by atoms with Crippen LogP contribution in [0.25, 0.3) is 0 Å². The number of thiophene rings is 1. The van der Waals surface area contributed by atoms with Gasteiger partial charge in [0.2, 0.25) is 0 Å². The van der Waals surface area contributed by atoms with Crippen molar-refractivity contribution in [3.63, 3.8) is 0 Å². The van der Waals surface area contributed by atoms with Gasteiger partial charge >= 0.3 is 11.8 Å². The Morgan fingerprint density at radius 1 is 1.09 bits per heavy atom. The van der Waals surface area contributed by atoms with E-state index in [1.165, 1.54) is 11.3 Å². The van der Waals surface area contributed by atoms with E-state index in [1.807, 2.05) is 41.1 Å². The molecule has 3 N–H and O–H groups in total. The monoisotopic (exact) mass is 330 g/mol. The average molecular weight is 330 g/mol. The molecule has 5 nitrogen and oxygen atoms in total. The molecule has 2 amide bonds. The summed E-state index contributed by atoms with van der Waals surface area (Å²) in [5.74, 6) is -1.40. The molecular weight excluding hydrogens is 312 g/mol. The summed E-state index contributed by atoms with van der Waals surface area (Å²) in [5.41, 5.74) is 2.12. The minimum atomic E-state index is -1.02. The van der Waals surface area contributed by atoms with Gasteiger partial charge in [-0.2, -0.15) is 11.3 Å².